The van der Waals surface area contributed by atoms with Gasteiger partial charge in [-0.25, -0.2) is 0 Å². The van der Waals surface area contributed by atoms with Gasteiger partial charge in [0.05, 0.1) is 0 Å². The summed E-state index contributed by atoms with van der Waals surface area (Å²) in [6, 6.07) is 10.1. The summed E-state index contributed by atoms with van der Waals surface area (Å²) in [5.74, 6) is 0. The van der Waals surface area contributed by atoms with Gasteiger partial charge in [-0.15, -0.1) is 0 Å². The molecule has 0 amide bonds. The summed E-state index contributed by atoms with van der Waals surface area (Å²) in [5, 5.41) is 0. The zero-order chi connectivity index (χ0) is 10.9. The largest absolute Gasteiger partial charge is 0.463 e. The van der Waals surface area contributed by atoms with Crippen LogP contribution in [0.3, 0.4) is 0 Å². The summed E-state index contributed by atoms with van der Waals surface area (Å²) in [7, 11) is 0. The van der Waals surface area contributed by atoms with E-state index in [0.717, 1.165) is 5.56 Å². The Balaban J connectivity index is 0.000000187. The Labute approximate surface area is 90.2 Å². The highest BCUT2D eigenvalue weighted by atomic mass is 16.5. The normalized spacial score (nSPS) is 14.5. The van der Waals surface area contributed by atoms with Gasteiger partial charge in [0.15, 0.2) is 0 Å². The molecule has 3 heteroatoms. The Morgan fingerprint density at radius 2 is 1.93 bits per heavy atom. The molecule has 0 aromatic heterocycles. The van der Waals surface area contributed by atoms with E-state index in [1.165, 1.54) is 19.3 Å². The Morgan fingerprint density at radius 1 is 1.33 bits per heavy atom. The van der Waals surface area contributed by atoms with Crippen LogP contribution in [0.4, 0.5) is 0 Å². The molecule has 0 atom stereocenters. The van der Waals surface area contributed by atoms with Crippen LogP contribution in [0.2, 0.25) is 0 Å². The molecule has 1 saturated carbocycles. The molecular weight excluding hydrogens is 190 g/mol. The van der Waals surface area contributed by atoms with Crippen LogP contribution in [-0.4, -0.2) is 12.5 Å². The average molecular weight is 207 g/mol. The first-order chi connectivity index (χ1) is 7.33. The minimum absolute atomic E-state index is 0.365. The lowest BCUT2D eigenvalue weighted by molar-refractivity contribution is -0.129. The van der Waals surface area contributed by atoms with E-state index in [2.05, 4.69) is 4.74 Å². The minimum Gasteiger partial charge on any atom is -0.463 e. The number of ether oxygens (including phenoxy) is 1. The van der Waals surface area contributed by atoms with Gasteiger partial charge >= 0.3 is 0 Å². The second-order valence-corrected chi connectivity index (χ2v) is 3.58. The van der Waals surface area contributed by atoms with Crippen molar-refractivity contribution in [3.63, 3.8) is 0 Å². The number of hydrogen-bond acceptors (Lipinski definition) is 3. The van der Waals surface area contributed by atoms with E-state index < -0.39 is 0 Å². The van der Waals surface area contributed by atoms with Crippen LogP contribution in [0, 0.1) is 0 Å². The lowest BCUT2D eigenvalue weighted by Gasteiger charge is -2.18. The molecule has 0 bridgehead atoms. The molecule has 1 fully saturated rings. The standard InChI is InChI=1S/C8H8O2.C4H9N/c9-7-10-6-8-4-2-1-3-5-8;5-4-2-1-3-4/h1-5,7H,6H2;4H,1-3,5H2. The summed E-state index contributed by atoms with van der Waals surface area (Å²) in [4.78, 5) is 9.76. The number of carbonyl (C=O) groups excluding carboxylic acids is 1. The Morgan fingerprint density at radius 3 is 2.33 bits per heavy atom. The number of hydrogen-bond donors (Lipinski definition) is 1. The third-order valence-corrected chi connectivity index (χ3v) is 2.31. The monoisotopic (exact) mass is 207 g/mol. The smallest absolute Gasteiger partial charge is 0.293 e. The average Bonchev–Trinajstić information content (AvgIpc) is 2.26. The van der Waals surface area contributed by atoms with Gasteiger partial charge in [-0.3, -0.25) is 4.79 Å². The van der Waals surface area contributed by atoms with Crippen molar-refractivity contribution in [3.8, 4) is 0 Å². The van der Waals surface area contributed by atoms with Crippen molar-refractivity contribution in [2.45, 2.75) is 31.9 Å². The molecular formula is C12H17NO2. The summed E-state index contributed by atoms with van der Waals surface area (Å²) in [5.41, 5.74) is 6.39. The number of rotatable bonds is 3. The third-order valence-electron chi connectivity index (χ3n) is 2.31. The molecule has 1 aromatic rings. The van der Waals surface area contributed by atoms with E-state index in [1.54, 1.807) is 0 Å². The summed E-state index contributed by atoms with van der Waals surface area (Å²) in [6.07, 6.45) is 3.89. The van der Waals surface area contributed by atoms with Gasteiger partial charge in [0.25, 0.3) is 6.47 Å². The second kappa shape index (κ2) is 7.01. The second-order valence-electron chi connectivity index (χ2n) is 3.58. The van der Waals surface area contributed by atoms with Gasteiger partial charge in [-0.2, -0.15) is 0 Å². The Hall–Kier alpha value is -1.35. The molecule has 0 aliphatic heterocycles. The summed E-state index contributed by atoms with van der Waals surface area (Å²) < 4.78 is 4.54. The molecule has 1 aromatic carbocycles. The van der Waals surface area contributed by atoms with Crippen molar-refractivity contribution in [3.05, 3.63) is 35.9 Å². The van der Waals surface area contributed by atoms with Crippen molar-refractivity contribution in [2.24, 2.45) is 5.73 Å². The van der Waals surface area contributed by atoms with Crippen molar-refractivity contribution in [2.75, 3.05) is 0 Å². The lowest BCUT2D eigenvalue weighted by atomic mass is 9.95. The van der Waals surface area contributed by atoms with Crippen LogP contribution in [0.5, 0.6) is 0 Å². The molecule has 0 spiro atoms. The van der Waals surface area contributed by atoms with E-state index in [0.29, 0.717) is 19.1 Å². The number of nitrogens with two attached hydrogens (primary N) is 1. The number of carbonyl (C=O) groups is 1. The van der Waals surface area contributed by atoms with Crippen LogP contribution in [0.25, 0.3) is 0 Å². The fourth-order valence-electron chi connectivity index (χ4n) is 1.14. The summed E-state index contributed by atoms with van der Waals surface area (Å²) in [6.45, 7) is 0.817. The van der Waals surface area contributed by atoms with Gasteiger partial charge in [0.1, 0.15) is 6.61 Å². The molecule has 2 N–H and O–H groups in total. The van der Waals surface area contributed by atoms with Crippen LogP contribution < -0.4 is 5.73 Å². The predicted molar refractivity (Wildman–Crippen MR) is 59.1 cm³/mol. The van der Waals surface area contributed by atoms with Crippen molar-refractivity contribution in [1.29, 1.82) is 0 Å². The molecule has 1 aliphatic carbocycles. The molecule has 82 valence electrons. The molecule has 0 heterocycles. The Kier molecular flexibility index (Phi) is 5.48. The molecule has 1 aliphatic rings. The molecule has 0 saturated heterocycles. The van der Waals surface area contributed by atoms with Gasteiger partial charge in [-0.1, -0.05) is 36.8 Å². The van der Waals surface area contributed by atoms with Gasteiger partial charge in [0, 0.05) is 6.04 Å². The predicted octanol–water partition coefficient (Wildman–Crippen LogP) is 1.86. The first-order valence-electron chi connectivity index (χ1n) is 5.17. The van der Waals surface area contributed by atoms with E-state index in [-0.39, 0.29) is 0 Å². The van der Waals surface area contributed by atoms with Gasteiger partial charge in [0.2, 0.25) is 0 Å². The highest BCUT2D eigenvalue weighted by Crippen LogP contribution is 2.14. The van der Waals surface area contributed by atoms with E-state index >= 15 is 0 Å². The fourth-order valence-corrected chi connectivity index (χ4v) is 1.14. The van der Waals surface area contributed by atoms with Crippen molar-refractivity contribution < 1.29 is 9.53 Å². The molecule has 0 radical (unpaired) electrons. The molecule has 3 nitrogen and oxygen atoms in total. The van der Waals surface area contributed by atoms with Crippen LogP contribution in [-0.2, 0) is 16.1 Å². The highest BCUT2D eigenvalue weighted by molar-refractivity contribution is 5.37. The van der Waals surface area contributed by atoms with E-state index in [4.69, 9.17) is 5.73 Å². The number of benzene rings is 1. The topological polar surface area (TPSA) is 52.3 Å². The zero-order valence-electron chi connectivity index (χ0n) is 8.76. The maximum atomic E-state index is 9.76. The SMILES string of the molecule is NC1CCC1.O=COCc1ccccc1. The minimum atomic E-state index is 0.365. The van der Waals surface area contributed by atoms with E-state index in [9.17, 15) is 4.79 Å². The van der Waals surface area contributed by atoms with Gasteiger partial charge < -0.3 is 10.5 Å². The van der Waals surface area contributed by atoms with Gasteiger partial charge in [-0.05, 0) is 18.4 Å². The molecule has 0 unspecified atom stereocenters. The van der Waals surface area contributed by atoms with Crippen molar-refractivity contribution >= 4 is 6.47 Å². The maximum Gasteiger partial charge on any atom is 0.293 e. The van der Waals surface area contributed by atoms with E-state index in [1.807, 2.05) is 30.3 Å². The first-order valence-corrected chi connectivity index (χ1v) is 5.17. The molecule has 2 rings (SSSR count). The maximum absolute atomic E-state index is 9.76. The quantitative estimate of drug-likeness (QED) is 0.770. The highest BCUT2D eigenvalue weighted by Gasteiger charge is 2.09. The first kappa shape index (κ1) is 11.7. The third kappa shape index (κ3) is 5.18. The Bertz CT molecular complexity index is 270. The fraction of sp³-hybridized carbons (Fsp3) is 0.417. The zero-order valence-corrected chi connectivity index (χ0v) is 8.76. The van der Waals surface area contributed by atoms with Crippen LogP contribution in [0.15, 0.2) is 30.3 Å². The van der Waals surface area contributed by atoms with Crippen molar-refractivity contribution in [1.82, 2.24) is 0 Å². The summed E-state index contributed by atoms with van der Waals surface area (Å²) >= 11 is 0. The van der Waals surface area contributed by atoms with Crippen LogP contribution in [0.1, 0.15) is 24.8 Å². The lowest BCUT2D eigenvalue weighted by Crippen LogP contribution is -2.27. The molecule has 15 heavy (non-hydrogen) atoms. The van der Waals surface area contributed by atoms with Crippen LogP contribution >= 0.6 is 0 Å².